The molecular weight excluding hydrogens is 422 g/mol. The molecule has 2 amide bonds. The number of benzene rings is 1. The number of aromatic nitrogens is 1. The average molecular weight is 446 g/mol. The molecule has 10 nitrogen and oxygen atoms in total. The highest BCUT2D eigenvalue weighted by molar-refractivity contribution is 7.17. The second kappa shape index (κ2) is 8.80. The van der Waals surface area contributed by atoms with E-state index in [4.69, 9.17) is 15.6 Å². The summed E-state index contributed by atoms with van der Waals surface area (Å²) < 4.78 is 5.37. The summed E-state index contributed by atoms with van der Waals surface area (Å²) in [5.41, 5.74) is 7.24. The number of nitrogen functional groups attached to an aromatic ring is 1. The van der Waals surface area contributed by atoms with Crippen LogP contribution in [-0.2, 0) is 9.53 Å². The molecule has 0 unspecified atom stereocenters. The second-order valence-corrected chi connectivity index (χ2v) is 8.57. The standard InChI is InChI=1S/C20H23N5O5S/c21-19-23-10-16(31-19)17(26)22-9-15-11-25(20(29)30-15)14-3-1-13(2-4-14)24-7-5-12(6-8-24)18(27)28/h1-4,10,12,15H,5-9,11H2,(H2,21,23)(H,22,26)(H,27,28)/t15-/m1/s1. The lowest BCUT2D eigenvalue weighted by Crippen LogP contribution is -2.36. The molecule has 0 radical (unpaired) electrons. The fourth-order valence-electron chi connectivity index (χ4n) is 3.75. The van der Waals surface area contributed by atoms with Crippen molar-refractivity contribution in [3.63, 3.8) is 0 Å². The Balaban J connectivity index is 1.31. The van der Waals surface area contributed by atoms with Crippen LogP contribution >= 0.6 is 11.3 Å². The number of amides is 2. The van der Waals surface area contributed by atoms with Gasteiger partial charge in [0.2, 0.25) is 0 Å². The zero-order chi connectivity index (χ0) is 22.0. The predicted octanol–water partition coefficient (Wildman–Crippen LogP) is 1.78. The van der Waals surface area contributed by atoms with Gasteiger partial charge in [-0.1, -0.05) is 11.3 Å². The molecule has 2 aromatic rings. The Labute approximate surface area is 182 Å². The quantitative estimate of drug-likeness (QED) is 0.612. The number of carboxylic acid groups (broad SMARTS) is 1. The number of rotatable bonds is 6. The number of thiazole rings is 1. The third kappa shape index (κ3) is 4.71. The van der Waals surface area contributed by atoms with E-state index in [1.807, 2.05) is 24.3 Å². The molecule has 31 heavy (non-hydrogen) atoms. The molecule has 2 aliphatic heterocycles. The lowest BCUT2D eigenvalue weighted by atomic mass is 9.97. The van der Waals surface area contributed by atoms with Crippen LogP contribution in [0, 0.1) is 5.92 Å². The second-order valence-electron chi connectivity index (χ2n) is 7.51. The van der Waals surface area contributed by atoms with E-state index in [1.165, 1.54) is 11.1 Å². The van der Waals surface area contributed by atoms with Crippen LogP contribution in [0.5, 0.6) is 0 Å². The Bertz CT molecular complexity index is 971. The molecule has 1 aromatic heterocycles. The van der Waals surface area contributed by atoms with Crippen LogP contribution in [0.4, 0.5) is 21.3 Å². The van der Waals surface area contributed by atoms with Gasteiger partial charge < -0.3 is 25.8 Å². The van der Waals surface area contributed by atoms with Crippen LogP contribution < -0.4 is 20.9 Å². The monoisotopic (exact) mass is 445 g/mol. The molecule has 1 atom stereocenters. The molecule has 164 valence electrons. The zero-order valence-corrected chi connectivity index (χ0v) is 17.5. The Hall–Kier alpha value is -3.34. The van der Waals surface area contributed by atoms with Gasteiger partial charge in [0.15, 0.2) is 5.13 Å². The molecular formula is C20H23N5O5S. The molecule has 4 N–H and O–H groups in total. The largest absolute Gasteiger partial charge is 0.481 e. The van der Waals surface area contributed by atoms with Crippen LogP contribution in [0.25, 0.3) is 0 Å². The summed E-state index contributed by atoms with van der Waals surface area (Å²) in [6, 6.07) is 7.54. The van der Waals surface area contributed by atoms with E-state index in [1.54, 1.807) is 0 Å². The van der Waals surface area contributed by atoms with Crippen LogP contribution in [0.2, 0.25) is 0 Å². The topological polar surface area (TPSA) is 138 Å². The molecule has 3 heterocycles. The van der Waals surface area contributed by atoms with Crippen molar-refractivity contribution in [1.82, 2.24) is 10.3 Å². The summed E-state index contributed by atoms with van der Waals surface area (Å²) in [5.74, 6) is -1.31. The normalized spacial score (nSPS) is 19.4. The molecule has 2 fully saturated rings. The van der Waals surface area contributed by atoms with E-state index < -0.39 is 18.2 Å². The minimum atomic E-state index is -0.732. The van der Waals surface area contributed by atoms with Crippen LogP contribution in [0.15, 0.2) is 30.5 Å². The molecule has 0 bridgehead atoms. The van der Waals surface area contributed by atoms with Crippen molar-refractivity contribution in [1.29, 1.82) is 0 Å². The molecule has 0 spiro atoms. The maximum atomic E-state index is 12.3. The third-order valence-corrected chi connectivity index (χ3v) is 6.31. The number of carboxylic acids is 1. The number of nitrogens with zero attached hydrogens (tertiary/aromatic N) is 3. The van der Waals surface area contributed by atoms with E-state index in [2.05, 4.69) is 15.2 Å². The maximum Gasteiger partial charge on any atom is 0.414 e. The van der Waals surface area contributed by atoms with E-state index in [0.29, 0.717) is 48.2 Å². The average Bonchev–Trinajstić information content (AvgIpc) is 3.37. The number of anilines is 3. The summed E-state index contributed by atoms with van der Waals surface area (Å²) in [6.07, 6.45) is 1.73. The Kier molecular flexibility index (Phi) is 5.94. The number of nitrogens with two attached hydrogens (primary N) is 1. The molecule has 4 rings (SSSR count). The molecule has 11 heteroatoms. The lowest BCUT2D eigenvalue weighted by Gasteiger charge is -2.32. The number of carbonyl (C=O) groups is 3. The van der Waals surface area contributed by atoms with Gasteiger partial charge in [0.1, 0.15) is 11.0 Å². The van der Waals surface area contributed by atoms with Gasteiger partial charge in [0, 0.05) is 24.5 Å². The molecule has 2 saturated heterocycles. The fraction of sp³-hybridized carbons (Fsp3) is 0.400. The van der Waals surface area contributed by atoms with E-state index in [9.17, 15) is 14.4 Å². The molecule has 1 aromatic carbocycles. The number of carbonyl (C=O) groups excluding carboxylic acids is 2. The first-order valence-corrected chi connectivity index (χ1v) is 10.8. The first-order chi connectivity index (χ1) is 14.9. The summed E-state index contributed by atoms with van der Waals surface area (Å²) in [6.45, 7) is 1.90. The van der Waals surface area contributed by atoms with Gasteiger partial charge in [0.25, 0.3) is 5.91 Å². The van der Waals surface area contributed by atoms with Gasteiger partial charge in [-0.3, -0.25) is 14.5 Å². The van der Waals surface area contributed by atoms with Gasteiger partial charge >= 0.3 is 12.1 Å². The van der Waals surface area contributed by atoms with Gasteiger partial charge in [-0.05, 0) is 37.1 Å². The molecule has 0 saturated carbocycles. The highest BCUT2D eigenvalue weighted by Gasteiger charge is 2.33. The number of cyclic esters (lactones) is 1. The van der Waals surface area contributed by atoms with Crippen LogP contribution in [0.1, 0.15) is 22.5 Å². The van der Waals surface area contributed by atoms with Crippen molar-refractivity contribution in [2.45, 2.75) is 18.9 Å². The predicted molar refractivity (Wildman–Crippen MR) is 115 cm³/mol. The number of ether oxygens (including phenoxy) is 1. The fourth-order valence-corrected chi connectivity index (χ4v) is 4.35. The smallest absolute Gasteiger partial charge is 0.414 e. The molecule has 2 aliphatic rings. The first-order valence-electron chi connectivity index (χ1n) is 9.96. The molecule has 0 aliphatic carbocycles. The number of piperidine rings is 1. The van der Waals surface area contributed by atoms with E-state index >= 15 is 0 Å². The number of hydrogen-bond donors (Lipinski definition) is 3. The summed E-state index contributed by atoms with van der Waals surface area (Å²) in [5, 5.41) is 12.2. The Morgan fingerprint density at radius 1 is 1.23 bits per heavy atom. The zero-order valence-electron chi connectivity index (χ0n) is 16.7. The number of aliphatic carboxylic acids is 1. The highest BCUT2D eigenvalue weighted by atomic mass is 32.1. The third-order valence-electron chi connectivity index (χ3n) is 5.48. The van der Waals surface area contributed by atoms with E-state index in [0.717, 1.165) is 17.0 Å². The summed E-state index contributed by atoms with van der Waals surface area (Å²) in [4.78, 5) is 43.4. The van der Waals surface area contributed by atoms with Crippen molar-refractivity contribution in [3.05, 3.63) is 35.3 Å². The van der Waals surface area contributed by atoms with Crippen molar-refractivity contribution in [2.75, 3.05) is 41.7 Å². The highest BCUT2D eigenvalue weighted by Crippen LogP contribution is 2.28. The number of nitrogens with one attached hydrogen (secondary N) is 1. The van der Waals surface area contributed by atoms with Gasteiger partial charge in [-0.2, -0.15) is 0 Å². The maximum absolute atomic E-state index is 12.3. The minimum Gasteiger partial charge on any atom is -0.481 e. The SMILES string of the molecule is Nc1ncc(C(=O)NC[C@@H]2CN(c3ccc(N4CCC(C(=O)O)CC4)cc3)C(=O)O2)s1. The van der Waals surface area contributed by atoms with Gasteiger partial charge in [-0.15, -0.1) is 0 Å². The minimum absolute atomic E-state index is 0.190. The van der Waals surface area contributed by atoms with Crippen molar-refractivity contribution >= 4 is 45.8 Å². The van der Waals surface area contributed by atoms with Crippen LogP contribution in [-0.4, -0.2) is 60.3 Å². The van der Waals surface area contributed by atoms with Crippen molar-refractivity contribution < 1.29 is 24.2 Å². The Morgan fingerprint density at radius 2 is 1.90 bits per heavy atom. The summed E-state index contributed by atoms with van der Waals surface area (Å²) >= 11 is 1.09. The van der Waals surface area contributed by atoms with Crippen molar-refractivity contribution in [2.24, 2.45) is 5.92 Å². The number of hydrogen-bond acceptors (Lipinski definition) is 8. The van der Waals surface area contributed by atoms with Gasteiger partial charge in [-0.25, -0.2) is 9.78 Å². The summed E-state index contributed by atoms with van der Waals surface area (Å²) in [7, 11) is 0. The van der Waals surface area contributed by atoms with Crippen LogP contribution in [0.3, 0.4) is 0 Å². The van der Waals surface area contributed by atoms with Crippen molar-refractivity contribution in [3.8, 4) is 0 Å². The van der Waals surface area contributed by atoms with Gasteiger partial charge in [0.05, 0.1) is 25.2 Å². The van der Waals surface area contributed by atoms with E-state index in [-0.39, 0.29) is 18.4 Å². The lowest BCUT2D eigenvalue weighted by molar-refractivity contribution is -0.142. The Morgan fingerprint density at radius 3 is 2.52 bits per heavy atom. The first kappa shape index (κ1) is 20.9.